The van der Waals surface area contributed by atoms with E-state index in [2.05, 4.69) is 26.0 Å². The van der Waals surface area contributed by atoms with Crippen LogP contribution in [0, 0.1) is 10.1 Å². The summed E-state index contributed by atoms with van der Waals surface area (Å²) < 4.78 is 7.52. The monoisotopic (exact) mass is 312 g/mol. The van der Waals surface area contributed by atoms with Gasteiger partial charge in [0.1, 0.15) is 0 Å². The van der Waals surface area contributed by atoms with Gasteiger partial charge in [-0.25, -0.2) is 4.98 Å². The molecule has 0 radical (unpaired) electrons. The van der Waals surface area contributed by atoms with Crippen LogP contribution in [0.2, 0.25) is 0 Å². The molecule has 0 spiro atoms. The number of pyridine rings is 1. The van der Waals surface area contributed by atoms with E-state index in [9.17, 15) is 10.1 Å². The largest absolute Gasteiger partial charge is 0.430 e. The van der Waals surface area contributed by atoms with Crippen LogP contribution in [-0.2, 0) is 6.54 Å². The number of halogens is 1. The highest BCUT2D eigenvalue weighted by Crippen LogP contribution is 2.30. The molecule has 0 atom stereocenters. The first-order valence-electron chi connectivity index (χ1n) is 5.10. The summed E-state index contributed by atoms with van der Waals surface area (Å²) in [5, 5.41) is 14.9. The van der Waals surface area contributed by atoms with E-state index in [1.807, 2.05) is 6.92 Å². The van der Waals surface area contributed by atoms with E-state index in [-0.39, 0.29) is 11.6 Å². The fourth-order valence-corrected chi connectivity index (χ4v) is 1.63. The van der Waals surface area contributed by atoms with Crippen molar-refractivity contribution in [1.82, 2.24) is 14.8 Å². The van der Waals surface area contributed by atoms with E-state index in [0.29, 0.717) is 16.8 Å². The van der Waals surface area contributed by atoms with E-state index >= 15 is 0 Å². The Kier molecular flexibility index (Phi) is 3.56. The first kappa shape index (κ1) is 12.5. The van der Waals surface area contributed by atoms with Gasteiger partial charge in [0.25, 0.3) is 5.88 Å². The molecule has 0 aliphatic heterocycles. The molecule has 0 unspecified atom stereocenters. The molecular formula is C10H9BrN4O3. The quantitative estimate of drug-likeness (QED) is 0.640. The first-order chi connectivity index (χ1) is 8.60. The van der Waals surface area contributed by atoms with Gasteiger partial charge >= 0.3 is 5.69 Å². The molecule has 0 bridgehead atoms. The average molecular weight is 313 g/mol. The van der Waals surface area contributed by atoms with Gasteiger partial charge in [-0.3, -0.25) is 14.8 Å². The molecule has 0 aromatic carbocycles. The number of rotatable bonds is 4. The van der Waals surface area contributed by atoms with Crippen molar-refractivity contribution in [1.29, 1.82) is 0 Å². The molecule has 7 nitrogen and oxygen atoms in total. The Bertz CT molecular complexity index is 584. The minimum absolute atomic E-state index is 0.0566. The summed E-state index contributed by atoms with van der Waals surface area (Å²) in [5.41, 5.74) is -0.200. The zero-order chi connectivity index (χ0) is 13.1. The van der Waals surface area contributed by atoms with Crippen LogP contribution in [-0.4, -0.2) is 19.7 Å². The second kappa shape index (κ2) is 5.13. The van der Waals surface area contributed by atoms with Crippen LogP contribution in [0.5, 0.6) is 11.6 Å². The number of hydrogen-bond acceptors (Lipinski definition) is 5. The molecular weight excluding hydrogens is 304 g/mol. The third-order valence-electron chi connectivity index (χ3n) is 2.14. The van der Waals surface area contributed by atoms with Crippen LogP contribution in [0.25, 0.3) is 0 Å². The van der Waals surface area contributed by atoms with Crippen LogP contribution in [0.15, 0.2) is 29.1 Å². The van der Waals surface area contributed by atoms with Crippen molar-refractivity contribution in [3.8, 4) is 11.6 Å². The molecule has 8 heteroatoms. The zero-order valence-electron chi connectivity index (χ0n) is 9.41. The number of hydrogen-bond donors (Lipinski definition) is 0. The van der Waals surface area contributed by atoms with Gasteiger partial charge in [-0.05, 0) is 22.9 Å². The molecule has 0 N–H and O–H groups in total. The van der Waals surface area contributed by atoms with E-state index in [4.69, 9.17) is 4.74 Å². The summed E-state index contributed by atoms with van der Waals surface area (Å²) >= 11 is 3.13. The molecule has 2 rings (SSSR count). The van der Waals surface area contributed by atoms with Crippen molar-refractivity contribution in [2.75, 3.05) is 0 Å². The number of aryl methyl sites for hydroxylation is 1. The second-order valence-electron chi connectivity index (χ2n) is 3.37. The number of aromatic nitrogens is 3. The molecule has 0 aliphatic rings. The summed E-state index contributed by atoms with van der Waals surface area (Å²) in [7, 11) is 0. The number of ether oxygens (including phenoxy) is 1. The lowest BCUT2D eigenvalue weighted by Crippen LogP contribution is -1.96. The Balaban J connectivity index is 2.30. The maximum Gasteiger partial charge on any atom is 0.332 e. The van der Waals surface area contributed by atoms with Gasteiger partial charge in [0.2, 0.25) is 0 Å². The lowest BCUT2D eigenvalue weighted by molar-refractivity contribution is -0.386. The molecule has 18 heavy (non-hydrogen) atoms. The van der Waals surface area contributed by atoms with Gasteiger partial charge in [0, 0.05) is 23.3 Å². The van der Waals surface area contributed by atoms with Crippen molar-refractivity contribution in [2.45, 2.75) is 13.5 Å². The van der Waals surface area contributed by atoms with E-state index < -0.39 is 4.92 Å². The van der Waals surface area contributed by atoms with Crippen LogP contribution in [0.4, 0.5) is 5.69 Å². The topological polar surface area (TPSA) is 83.1 Å². The SMILES string of the molecule is CCn1cc(Oc2ncc(Br)cc2[N+](=O)[O-])cn1. The average Bonchev–Trinajstić information content (AvgIpc) is 2.79. The summed E-state index contributed by atoms with van der Waals surface area (Å²) in [5.74, 6) is 0.355. The van der Waals surface area contributed by atoms with Crippen LogP contribution in [0.1, 0.15) is 6.92 Å². The minimum Gasteiger partial charge on any atom is -0.430 e. The van der Waals surface area contributed by atoms with Crippen LogP contribution < -0.4 is 4.74 Å². The Hall–Kier alpha value is -1.96. The van der Waals surface area contributed by atoms with Crippen molar-refractivity contribution >= 4 is 21.6 Å². The first-order valence-corrected chi connectivity index (χ1v) is 5.89. The van der Waals surface area contributed by atoms with Gasteiger partial charge in [-0.15, -0.1) is 0 Å². The van der Waals surface area contributed by atoms with Crippen molar-refractivity contribution in [2.24, 2.45) is 0 Å². The number of nitrogens with zero attached hydrogens (tertiary/aromatic N) is 4. The molecule has 94 valence electrons. The van der Waals surface area contributed by atoms with Crippen LogP contribution in [0.3, 0.4) is 0 Å². The van der Waals surface area contributed by atoms with Gasteiger partial charge in [-0.1, -0.05) is 0 Å². The standard InChI is InChI=1S/C10H9BrN4O3/c1-2-14-6-8(5-13-14)18-10-9(15(16)17)3-7(11)4-12-10/h3-6H,2H2,1H3. The van der Waals surface area contributed by atoms with E-state index in [0.717, 1.165) is 0 Å². The maximum absolute atomic E-state index is 10.9. The summed E-state index contributed by atoms with van der Waals surface area (Å²) in [6.07, 6.45) is 4.57. The molecule has 0 saturated heterocycles. The van der Waals surface area contributed by atoms with E-state index in [1.54, 1.807) is 10.9 Å². The third kappa shape index (κ3) is 2.65. The lowest BCUT2D eigenvalue weighted by Gasteiger charge is -2.02. The molecule has 0 fully saturated rings. The lowest BCUT2D eigenvalue weighted by atomic mass is 10.4. The predicted molar refractivity (Wildman–Crippen MR) is 66.6 cm³/mol. The highest BCUT2D eigenvalue weighted by Gasteiger charge is 2.18. The number of nitro groups is 1. The fourth-order valence-electron chi connectivity index (χ4n) is 1.31. The highest BCUT2D eigenvalue weighted by atomic mass is 79.9. The summed E-state index contributed by atoms with van der Waals surface area (Å²) in [6, 6.07) is 1.34. The summed E-state index contributed by atoms with van der Waals surface area (Å²) in [6.45, 7) is 2.62. The fraction of sp³-hybridized carbons (Fsp3) is 0.200. The van der Waals surface area contributed by atoms with Gasteiger partial charge in [-0.2, -0.15) is 5.10 Å². The molecule has 0 amide bonds. The molecule has 2 aromatic heterocycles. The van der Waals surface area contributed by atoms with Gasteiger partial charge in [0.05, 0.1) is 17.3 Å². The van der Waals surface area contributed by atoms with Crippen molar-refractivity contribution in [3.05, 3.63) is 39.2 Å². The van der Waals surface area contributed by atoms with Crippen molar-refractivity contribution in [3.63, 3.8) is 0 Å². The maximum atomic E-state index is 10.9. The smallest absolute Gasteiger partial charge is 0.332 e. The zero-order valence-corrected chi connectivity index (χ0v) is 11.0. The molecule has 0 aliphatic carbocycles. The third-order valence-corrected chi connectivity index (χ3v) is 2.58. The van der Waals surface area contributed by atoms with Gasteiger partial charge in [0.15, 0.2) is 5.75 Å². The molecule has 2 heterocycles. The minimum atomic E-state index is -0.544. The Labute approximate surface area is 111 Å². The summed E-state index contributed by atoms with van der Waals surface area (Å²) in [4.78, 5) is 14.2. The Morgan fingerprint density at radius 3 is 2.94 bits per heavy atom. The highest BCUT2D eigenvalue weighted by molar-refractivity contribution is 9.10. The van der Waals surface area contributed by atoms with Crippen molar-refractivity contribution < 1.29 is 9.66 Å². The molecule has 0 saturated carbocycles. The van der Waals surface area contributed by atoms with Crippen LogP contribution >= 0.6 is 15.9 Å². The second-order valence-corrected chi connectivity index (χ2v) is 4.28. The molecule has 2 aromatic rings. The van der Waals surface area contributed by atoms with E-state index in [1.165, 1.54) is 18.5 Å². The van der Waals surface area contributed by atoms with Gasteiger partial charge < -0.3 is 4.74 Å². The predicted octanol–water partition coefficient (Wildman–Crippen LogP) is 2.76. The Morgan fingerprint density at radius 2 is 2.33 bits per heavy atom. The Morgan fingerprint density at radius 1 is 1.56 bits per heavy atom. The normalized spacial score (nSPS) is 10.3.